The van der Waals surface area contributed by atoms with Gasteiger partial charge in [0.05, 0.1) is 9.88 Å². The number of nitrogens with zero attached hydrogens (tertiary/aromatic N) is 2. The topological polar surface area (TPSA) is 42.2 Å². The van der Waals surface area contributed by atoms with Crippen molar-refractivity contribution in [3.05, 3.63) is 15.6 Å². The molecule has 0 aromatic carbocycles. The zero-order chi connectivity index (χ0) is 14.5. The zero-order valence-corrected chi connectivity index (χ0v) is 12.1. The Hall–Kier alpha value is -0.660. The smallest absolute Gasteiger partial charge is 0.327 e. The Bertz CT molecular complexity index is 500. The van der Waals surface area contributed by atoms with Crippen molar-refractivity contribution in [2.75, 3.05) is 13.1 Å². The highest BCUT2D eigenvalue weighted by Gasteiger charge is 2.42. The van der Waals surface area contributed by atoms with Crippen LogP contribution in [0, 0.1) is 18.8 Å². The fourth-order valence-corrected chi connectivity index (χ4v) is 4.53. The molecule has 2 N–H and O–H groups in total. The van der Waals surface area contributed by atoms with Crippen LogP contribution in [0.15, 0.2) is 0 Å². The van der Waals surface area contributed by atoms with Crippen molar-refractivity contribution in [3.63, 3.8) is 0 Å². The predicted octanol–water partition coefficient (Wildman–Crippen LogP) is 2.64. The van der Waals surface area contributed by atoms with E-state index in [2.05, 4.69) is 9.88 Å². The molecule has 2 fully saturated rings. The maximum atomic E-state index is 12.9. The van der Waals surface area contributed by atoms with Gasteiger partial charge in [-0.25, -0.2) is 4.98 Å². The van der Waals surface area contributed by atoms with Crippen molar-refractivity contribution in [3.8, 4) is 0 Å². The number of likely N-dealkylation sites (tertiary alicyclic amines) is 1. The van der Waals surface area contributed by atoms with Crippen LogP contribution in [0.4, 0.5) is 13.2 Å². The lowest BCUT2D eigenvalue weighted by atomic mass is 9.98. The van der Waals surface area contributed by atoms with Crippen LogP contribution >= 0.6 is 11.3 Å². The Balaban J connectivity index is 1.73. The molecule has 1 aliphatic carbocycles. The van der Waals surface area contributed by atoms with Crippen LogP contribution in [0.25, 0.3) is 0 Å². The highest BCUT2D eigenvalue weighted by atomic mass is 32.1. The van der Waals surface area contributed by atoms with E-state index in [0.29, 0.717) is 28.3 Å². The van der Waals surface area contributed by atoms with Crippen LogP contribution in [0.5, 0.6) is 0 Å². The second kappa shape index (κ2) is 4.96. The first kappa shape index (κ1) is 14.3. The van der Waals surface area contributed by atoms with Gasteiger partial charge in [-0.15, -0.1) is 11.3 Å². The summed E-state index contributed by atoms with van der Waals surface area (Å²) in [6.07, 6.45) is -2.20. The van der Waals surface area contributed by atoms with Crippen LogP contribution in [-0.2, 0) is 12.7 Å². The normalized spacial score (nSPS) is 30.9. The standard InChI is InChI=1S/C13H18F3N3S/c1-7-18-12(13(14,15)16)11(20-7)6-19-4-8-2-3-10(17)9(8)5-19/h8-10H,2-6,17H2,1H3. The fourth-order valence-electron chi connectivity index (χ4n) is 3.53. The molecular weight excluding hydrogens is 287 g/mol. The Kier molecular flexibility index (Phi) is 3.54. The number of aromatic nitrogens is 1. The summed E-state index contributed by atoms with van der Waals surface area (Å²) in [5.41, 5.74) is 5.36. The second-order valence-electron chi connectivity index (χ2n) is 5.86. The summed E-state index contributed by atoms with van der Waals surface area (Å²) in [5.74, 6) is 1.02. The van der Waals surface area contributed by atoms with Gasteiger partial charge in [0.15, 0.2) is 5.69 Å². The summed E-state index contributed by atoms with van der Waals surface area (Å²) in [7, 11) is 0. The molecule has 1 saturated heterocycles. The molecule has 112 valence electrons. The quantitative estimate of drug-likeness (QED) is 0.913. The molecule has 3 nitrogen and oxygen atoms in total. The number of rotatable bonds is 2. The average molecular weight is 305 g/mol. The summed E-state index contributed by atoms with van der Waals surface area (Å²) in [4.78, 5) is 6.10. The molecule has 0 radical (unpaired) electrons. The van der Waals surface area contributed by atoms with Gasteiger partial charge in [-0.2, -0.15) is 13.2 Å². The lowest BCUT2D eigenvalue weighted by molar-refractivity contribution is -0.141. The largest absolute Gasteiger partial charge is 0.434 e. The zero-order valence-electron chi connectivity index (χ0n) is 11.3. The molecule has 20 heavy (non-hydrogen) atoms. The number of thiazole rings is 1. The third-order valence-electron chi connectivity index (χ3n) is 4.43. The van der Waals surface area contributed by atoms with Gasteiger partial charge >= 0.3 is 6.18 Å². The summed E-state index contributed by atoms with van der Waals surface area (Å²) < 4.78 is 38.8. The Morgan fingerprint density at radius 1 is 1.35 bits per heavy atom. The van der Waals surface area contributed by atoms with Crippen molar-refractivity contribution in [2.45, 2.75) is 38.5 Å². The molecule has 3 rings (SSSR count). The Labute approximate surface area is 120 Å². The molecule has 2 heterocycles. The summed E-state index contributed by atoms with van der Waals surface area (Å²) in [5, 5.41) is 0.475. The molecule has 1 aromatic heterocycles. The Morgan fingerprint density at radius 2 is 2.10 bits per heavy atom. The van der Waals surface area contributed by atoms with Crippen LogP contribution in [-0.4, -0.2) is 29.0 Å². The van der Waals surface area contributed by atoms with E-state index in [4.69, 9.17) is 5.73 Å². The van der Waals surface area contributed by atoms with E-state index >= 15 is 0 Å². The average Bonchev–Trinajstić information content (AvgIpc) is 2.97. The van der Waals surface area contributed by atoms with Crippen molar-refractivity contribution in [2.24, 2.45) is 17.6 Å². The molecule has 1 saturated carbocycles. The molecule has 3 unspecified atom stereocenters. The van der Waals surface area contributed by atoms with Gasteiger partial charge in [0.25, 0.3) is 0 Å². The molecule has 1 aliphatic heterocycles. The van der Waals surface area contributed by atoms with E-state index < -0.39 is 11.9 Å². The molecule has 1 aromatic rings. The van der Waals surface area contributed by atoms with Gasteiger partial charge in [-0.3, -0.25) is 4.90 Å². The van der Waals surface area contributed by atoms with Gasteiger partial charge in [-0.1, -0.05) is 0 Å². The van der Waals surface area contributed by atoms with Gasteiger partial charge in [-0.05, 0) is 31.6 Å². The van der Waals surface area contributed by atoms with E-state index in [0.717, 1.165) is 37.3 Å². The minimum absolute atomic E-state index is 0.218. The van der Waals surface area contributed by atoms with Crippen molar-refractivity contribution in [1.82, 2.24) is 9.88 Å². The summed E-state index contributed by atoms with van der Waals surface area (Å²) in [6, 6.07) is 0.218. The van der Waals surface area contributed by atoms with Crippen molar-refractivity contribution >= 4 is 11.3 Å². The minimum Gasteiger partial charge on any atom is -0.327 e. The fraction of sp³-hybridized carbons (Fsp3) is 0.769. The number of halogens is 3. The van der Waals surface area contributed by atoms with E-state index in [1.807, 2.05) is 0 Å². The van der Waals surface area contributed by atoms with E-state index in [1.54, 1.807) is 6.92 Å². The number of fused-ring (bicyclic) bond motifs is 1. The van der Waals surface area contributed by atoms with Crippen molar-refractivity contribution in [1.29, 1.82) is 0 Å². The SMILES string of the molecule is Cc1nc(C(F)(F)F)c(CN2CC3CCC(N)C3C2)s1. The molecule has 0 spiro atoms. The number of aryl methyl sites for hydroxylation is 1. The lowest BCUT2D eigenvalue weighted by Crippen LogP contribution is -2.30. The first-order chi connectivity index (χ1) is 9.34. The van der Waals surface area contributed by atoms with Gasteiger partial charge < -0.3 is 5.73 Å². The van der Waals surface area contributed by atoms with Crippen LogP contribution in [0.3, 0.4) is 0 Å². The van der Waals surface area contributed by atoms with Crippen LogP contribution in [0.1, 0.15) is 28.4 Å². The van der Waals surface area contributed by atoms with Gasteiger partial charge in [0.1, 0.15) is 0 Å². The third kappa shape index (κ3) is 2.58. The maximum Gasteiger partial charge on any atom is 0.434 e. The van der Waals surface area contributed by atoms with Gasteiger partial charge in [0, 0.05) is 25.7 Å². The summed E-state index contributed by atoms with van der Waals surface area (Å²) in [6.45, 7) is 3.66. The first-order valence-corrected chi connectivity index (χ1v) is 7.67. The second-order valence-corrected chi connectivity index (χ2v) is 7.15. The first-order valence-electron chi connectivity index (χ1n) is 6.86. The number of hydrogen-bond donors (Lipinski definition) is 1. The summed E-state index contributed by atoms with van der Waals surface area (Å²) >= 11 is 1.15. The molecule has 2 aliphatic rings. The van der Waals surface area contributed by atoms with E-state index in [1.165, 1.54) is 0 Å². The van der Waals surface area contributed by atoms with E-state index in [9.17, 15) is 13.2 Å². The number of alkyl halides is 3. The molecule has 0 amide bonds. The molecular formula is C13H18F3N3S. The number of nitrogens with two attached hydrogens (primary N) is 1. The minimum atomic E-state index is -4.36. The highest BCUT2D eigenvalue weighted by Crippen LogP contribution is 2.40. The molecule has 3 atom stereocenters. The van der Waals surface area contributed by atoms with Gasteiger partial charge in [0.2, 0.25) is 0 Å². The maximum absolute atomic E-state index is 12.9. The predicted molar refractivity (Wildman–Crippen MR) is 71.3 cm³/mol. The monoisotopic (exact) mass is 305 g/mol. The molecule has 0 bridgehead atoms. The van der Waals surface area contributed by atoms with Crippen LogP contribution < -0.4 is 5.73 Å². The Morgan fingerprint density at radius 3 is 2.75 bits per heavy atom. The van der Waals surface area contributed by atoms with Crippen molar-refractivity contribution < 1.29 is 13.2 Å². The van der Waals surface area contributed by atoms with Crippen LogP contribution in [0.2, 0.25) is 0 Å². The highest BCUT2D eigenvalue weighted by molar-refractivity contribution is 7.11. The number of hydrogen-bond acceptors (Lipinski definition) is 4. The molecule has 7 heteroatoms. The third-order valence-corrected chi connectivity index (χ3v) is 5.38. The lowest BCUT2D eigenvalue weighted by Gasteiger charge is -2.18. The van der Waals surface area contributed by atoms with E-state index in [-0.39, 0.29) is 6.04 Å².